The number of ether oxygens (including phenoxy) is 4. The maximum atomic E-state index is 12.4. The second-order valence-electron chi connectivity index (χ2n) is 5.58. The number of hydrogen-bond acceptors (Lipinski definition) is 5. The van der Waals surface area contributed by atoms with Gasteiger partial charge in [-0.15, -0.1) is 0 Å². The number of nitrogens with one attached hydrogen (secondary N) is 1. The molecule has 25 heavy (non-hydrogen) atoms. The first-order valence-corrected chi connectivity index (χ1v) is 8.10. The van der Waals surface area contributed by atoms with Gasteiger partial charge in [0.05, 0.1) is 27.4 Å². The van der Waals surface area contributed by atoms with E-state index in [0.717, 1.165) is 23.5 Å². The van der Waals surface area contributed by atoms with E-state index in [0.29, 0.717) is 36.8 Å². The lowest BCUT2D eigenvalue weighted by Gasteiger charge is -2.11. The van der Waals surface area contributed by atoms with Crippen LogP contribution in [0, 0.1) is 0 Å². The van der Waals surface area contributed by atoms with Crippen LogP contribution in [0.3, 0.4) is 0 Å². The van der Waals surface area contributed by atoms with Crippen LogP contribution in [0.1, 0.15) is 22.3 Å². The van der Waals surface area contributed by atoms with Crippen LogP contribution >= 0.6 is 0 Å². The molecule has 0 spiro atoms. The highest BCUT2D eigenvalue weighted by Gasteiger charge is 2.13. The molecule has 0 atom stereocenters. The highest BCUT2D eigenvalue weighted by Crippen LogP contribution is 2.30. The molecule has 1 aliphatic heterocycles. The van der Waals surface area contributed by atoms with Crippen LogP contribution in [-0.2, 0) is 6.54 Å². The Morgan fingerprint density at radius 1 is 1.00 bits per heavy atom. The molecule has 0 bridgehead atoms. The van der Waals surface area contributed by atoms with Gasteiger partial charge in [0.1, 0.15) is 0 Å². The van der Waals surface area contributed by atoms with Crippen molar-refractivity contribution in [3.63, 3.8) is 0 Å². The smallest absolute Gasteiger partial charge is 0.251 e. The van der Waals surface area contributed by atoms with Crippen LogP contribution in [0.2, 0.25) is 0 Å². The summed E-state index contributed by atoms with van der Waals surface area (Å²) in [5, 5.41) is 2.89. The fourth-order valence-corrected chi connectivity index (χ4v) is 2.58. The second-order valence-corrected chi connectivity index (χ2v) is 5.58. The molecule has 6 heteroatoms. The average Bonchev–Trinajstić information content (AvgIpc) is 2.90. The zero-order valence-corrected chi connectivity index (χ0v) is 14.3. The molecule has 2 aromatic rings. The minimum atomic E-state index is -0.187. The van der Waals surface area contributed by atoms with E-state index in [-0.39, 0.29) is 5.91 Å². The van der Waals surface area contributed by atoms with E-state index in [2.05, 4.69) is 5.32 Å². The first-order chi connectivity index (χ1) is 12.2. The van der Waals surface area contributed by atoms with Gasteiger partial charge in [-0.2, -0.15) is 0 Å². The molecule has 0 radical (unpaired) electrons. The molecule has 0 fully saturated rings. The Labute approximate surface area is 146 Å². The quantitative estimate of drug-likeness (QED) is 0.904. The van der Waals surface area contributed by atoms with Crippen molar-refractivity contribution in [2.75, 3.05) is 27.4 Å². The summed E-state index contributed by atoms with van der Waals surface area (Å²) in [6, 6.07) is 10.8. The minimum absolute atomic E-state index is 0.187. The summed E-state index contributed by atoms with van der Waals surface area (Å²) < 4.78 is 21.7. The van der Waals surface area contributed by atoms with Crippen LogP contribution in [0.15, 0.2) is 36.4 Å². The first-order valence-electron chi connectivity index (χ1n) is 8.10. The molecule has 6 nitrogen and oxygen atoms in total. The molecule has 0 saturated heterocycles. The summed E-state index contributed by atoms with van der Waals surface area (Å²) in [5.74, 6) is 2.38. The fraction of sp³-hybridized carbons (Fsp3) is 0.316. The summed E-state index contributed by atoms with van der Waals surface area (Å²) in [6.07, 6.45) is 0.861. The summed E-state index contributed by atoms with van der Waals surface area (Å²) in [7, 11) is 3.10. The largest absolute Gasteiger partial charge is 0.493 e. The van der Waals surface area contributed by atoms with Gasteiger partial charge in [-0.3, -0.25) is 4.79 Å². The molecule has 0 unspecified atom stereocenters. The van der Waals surface area contributed by atoms with E-state index in [4.69, 9.17) is 18.9 Å². The fourth-order valence-electron chi connectivity index (χ4n) is 2.58. The molecular formula is C19H21NO5. The third-order valence-electron chi connectivity index (χ3n) is 3.91. The topological polar surface area (TPSA) is 66.0 Å². The molecule has 2 aromatic carbocycles. The highest BCUT2D eigenvalue weighted by atomic mass is 16.5. The number of hydrogen-bond donors (Lipinski definition) is 1. The van der Waals surface area contributed by atoms with Crippen molar-refractivity contribution < 1.29 is 23.7 Å². The minimum Gasteiger partial charge on any atom is -0.493 e. The normalized spacial score (nSPS) is 12.9. The summed E-state index contributed by atoms with van der Waals surface area (Å²) in [4.78, 5) is 12.4. The Kier molecular flexibility index (Phi) is 5.28. The monoisotopic (exact) mass is 343 g/mol. The molecule has 1 heterocycles. The van der Waals surface area contributed by atoms with Gasteiger partial charge in [-0.05, 0) is 35.9 Å². The molecule has 0 aliphatic carbocycles. The van der Waals surface area contributed by atoms with Gasteiger partial charge in [0.25, 0.3) is 5.91 Å². The van der Waals surface area contributed by atoms with Crippen molar-refractivity contribution in [2.24, 2.45) is 0 Å². The van der Waals surface area contributed by atoms with Gasteiger partial charge in [-0.1, -0.05) is 6.07 Å². The number of rotatable bonds is 5. The van der Waals surface area contributed by atoms with Crippen LogP contribution < -0.4 is 24.3 Å². The average molecular weight is 343 g/mol. The summed E-state index contributed by atoms with van der Waals surface area (Å²) >= 11 is 0. The first kappa shape index (κ1) is 17.0. The Morgan fingerprint density at radius 3 is 2.52 bits per heavy atom. The van der Waals surface area contributed by atoms with Gasteiger partial charge < -0.3 is 24.3 Å². The molecule has 1 amide bonds. The molecule has 132 valence electrons. The standard InChI is InChI=1S/C19H21NO5/c1-22-15-7-5-14(11-17(15)23-2)19(21)20-12-13-4-6-16-18(10-13)25-9-3-8-24-16/h4-7,10-11H,3,8-9,12H2,1-2H3,(H,20,21). The Bertz CT molecular complexity index is 759. The van der Waals surface area contributed by atoms with Crippen molar-refractivity contribution in [3.8, 4) is 23.0 Å². The van der Waals surface area contributed by atoms with E-state index in [1.165, 1.54) is 7.11 Å². The maximum Gasteiger partial charge on any atom is 0.251 e. The Hall–Kier alpha value is -2.89. The van der Waals surface area contributed by atoms with Gasteiger partial charge in [0, 0.05) is 18.5 Å². The number of carbonyl (C=O) groups excluding carboxylic acids is 1. The predicted molar refractivity (Wildman–Crippen MR) is 92.8 cm³/mol. The number of fused-ring (bicyclic) bond motifs is 1. The van der Waals surface area contributed by atoms with Crippen molar-refractivity contribution in [1.82, 2.24) is 5.32 Å². The van der Waals surface area contributed by atoms with E-state index >= 15 is 0 Å². The van der Waals surface area contributed by atoms with Gasteiger partial charge >= 0.3 is 0 Å². The Morgan fingerprint density at radius 2 is 1.76 bits per heavy atom. The second kappa shape index (κ2) is 7.79. The van der Waals surface area contributed by atoms with E-state index < -0.39 is 0 Å². The molecular weight excluding hydrogens is 322 g/mol. The van der Waals surface area contributed by atoms with Crippen molar-refractivity contribution >= 4 is 5.91 Å². The number of methoxy groups -OCH3 is 2. The van der Waals surface area contributed by atoms with Crippen LogP contribution in [0.5, 0.6) is 23.0 Å². The Balaban J connectivity index is 1.67. The van der Waals surface area contributed by atoms with Crippen molar-refractivity contribution in [2.45, 2.75) is 13.0 Å². The molecule has 1 N–H and O–H groups in total. The van der Waals surface area contributed by atoms with Crippen molar-refractivity contribution in [1.29, 1.82) is 0 Å². The number of benzene rings is 2. The van der Waals surface area contributed by atoms with Gasteiger partial charge in [-0.25, -0.2) is 0 Å². The molecule has 0 saturated carbocycles. The SMILES string of the molecule is COc1ccc(C(=O)NCc2ccc3c(c2)OCCCO3)cc1OC. The third-order valence-corrected chi connectivity index (χ3v) is 3.91. The van der Waals surface area contributed by atoms with E-state index in [9.17, 15) is 4.79 Å². The van der Waals surface area contributed by atoms with Crippen molar-refractivity contribution in [3.05, 3.63) is 47.5 Å². The van der Waals surface area contributed by atoms with E-state index in [1.54, 1.807) is 25.3 Å². The third kappa shape index (κ3) is 3.96. The summed E-state index contributed by atoms with van der Waals surface area (Å²) in [6.45, 7) is 1.68. The molecule has 1 aliphatic rings. The lowest BCUT2D eigenvalue weighted by Crippen LogP contribution is -2.22. The number of carbonyl (C=O) groups is 1. The zero-order chi connectivity index (χ0) is 17.6. The lowest BCUT2D eigenvalue weighted by atomic mass is 10.1. The molecule has 0 aromatic heterocycles. The summed E-state index contributed by atoms with van der Waals surface area (Å²) in [5.41, 5.74) is 1.45. The zero-order valence-electron chi connectivity index (χ0n) is 14.3. The maximum absolute atomic E-state index is 12.4. The van der Waals surface area contributed by atoms with E-state index in [1.807, 2.05) is 18.2 Å². The van der Waals surface area contributed by atoms with Crippen LogP contribution in [-0.4, -0.2) is 33.3 Å². The number of amides is 1. The highest BCUT2D eigenvalue weighted by molar-refractivity contribution is 5.94. The molecule has 3 rings (SSSR count). The lowest BCUT2D eigenvalue weighted by molar-refractivity contribution is 0.0950. The van der Waals surface area contributed by atoms with Gasteiger partial charge in [0.15, 0.2) is 23.0 Å². The van der Waals surface area contributed by atoms with Crippen LogP contribution in [0.25, 0.3) is 0 Å². The predicted octanol–water partition coefficient (Wildman–Crippen LogP) is 2.80. The van der Waals surface area contributed by atoms with Gasteiger partial charge in [0.2, 0.25) is 0 Å². The van der Waals surface area contributed by atoms with Crippen LogP contribution in [0.4, 0.5) is 0 Å².